The Balaban J connectivity index is 0.00000144. The molecular formula is C15H24Cl2N6S. The maximum absolute atomic E-state index is 5.07. The van der Waals surface area contributed by atoms with Crippen molar-refractivity contribution in [1.82, 2.24) is 30.0 Å². The molecule has 24 heavy (non-hydrogen) atoms. The van der Waals surface area contributed by atoms with Crippen LogP contribution in [0, 0.1) is 4.77 Å². The van der Waals surface area contributed by atoms with Crippen LogP contribution in [0.2, 0.25) is 0 Å². The molecular weight excluding hydrogens is 367 g/mol. The van der Waals surface area contributed by atoms with Crippen LogP contribution in [0.4, 0.5) is 0 Å². The molecule has 2 heterocycles. The van der Waals surface area contributed by atoms with Crippen molar-refractivity contribution in [2.24, 2.45) is 0 Å². The summed E-state index contributed by atoms with van der Waals surface area (Å²) in [5.74, 6) is 0. The molecule has 0 unspecified atom stereocenters. The van der Waals surface area contributed by atoms with Crippen molar-refractivity contribution in [3.63, 3.8) is 0 Å². The molecule has 1 aromatic heterocycles. The lowest BCUT2D eigenvalue weighted by Gasteiger charge is -2.34. The third-order valence-electron chi connectivity index (χ3n) is 4.10. The second-order valence-corrected chi connectivity index (χ2v) is 6.06. The molecule has 0 saturated carbocycles. The van der Waals surface area contributed by atoms with E-state index in [-0.39, 0.29) is 24.8 Å². The Morgan fingerprint density at radius 3 is 2.25 bits per heavy atom. The van der Waals surface area contributed by atoms with Crippen LogP contribution in [0.25, 0.3) is 0 Å². The Morgan fingerprint density at radius 2 is 1.62 bits per heavy atom. The smallest absolute Gasteiger partial charge is 0.238 e. The number of aryl methyl sites for hydroxylation is 1. The molecule has 2 aromatic rings. The average Bonchev–Trinajstić information content (AvgIpc) is 2.95. The largest absolute Gasteiger partial charge is 0.301 e. The topological polar surface area (TPSA) is 53.0 Å². The van der Waals surface area contributed by atoms with E-state index in [2.05, 4.69) is 55.7 Å². The van der Waals surface area contributed by atoms with E-state index >= 15 is 0 Å². The van der Waals surface area contributed by atoms with Crippen molar-refractivity contribution in [2.75, 3.05) is 32.7 Å². The fourth-order valence-corrected chi connectivity index (χ4v) is 3.00. The molecule has 1 saturated heterocycles. The number of halogens is 2. The Kier molecular flexibility index (Phi) is 9.46. The Bertz CT molecular complexity index is 624. The molecule has 0 aliphatic carbocycles. The van der Waals surface area contributed by atoms with E-state index in [9.17, 15) is 0 Å². The summed E-state index contributed by atoms with van der Waals surface area (Å²) < 4.78 is 2.36. The van der Waals surface area contributed by atoms with Gasteiger partial charge in [-0.25, -0.2) is 4.68 Å². The number of tetrazole rings is 1. The van der Waals surface area contributed by atoms with Gasteiger partial charge in [-0.1, -0.05) is 40.6 Å². The third kappa shape index (κ3) is 6.14. The molecule has 1 aromatic carbocycles. The minimum absolute atomic E-state index is 0. The summed E-state index contributed by atoms with van der Waals surface area (Å²) in [6, 6.07) is 10.7. The lowest BCUT2D eigenvalue weighted by molar-refractivity contribution is 0.124. The van der Waals surface area contributed by atoms with Crippen molar-refractivity contribution in [3.05, 3.63) is 40.7 Å². The molecule has 1 aliphatic rings. The summed E-state index contributed by atoms with van der Waals surface area (Å²) >= 11 is 5.07. The van der Waals surface area contributed by atoms with E-state index in [1.165, 1.54) is 5.56 Å². The summed E-state index contributed by atoms with van der Waals surface area (Å²) in [7, 11) is 0. The summed E-state index contributed by atoms with van der Waals surface area (Å²) in [6.07, 6.45) is 1.07. The van der Waals surface area contributed by atoms with E-state index < -0.39 is 0 Å². The lowest BCUT2D eigenvalue weighted by atomic mass is 10.2. The van der Waals surface area contributed by atoms with E-state index in [1.54, 1.807) is 0 Å². The van der Waals surface area contributed by atoms with E-state index in [1.807, 2.05) is 4.68 Å². The molecule has 0 bridgehead atoms. The molecule has 3 rings (SSSR count). The second kappa shape index (κ2) is 10.8. The van der Waals surface area contributed by atoms with Gasteiger partial charge in [0.1, 0.15) is 0 Å². The van der Waals surface area contributed by atoms with Crippen LogP contribution in [0.5, 0.6) is 0 Å². The van der Waals surface area contributed by atoms with Gasteiger partial charge in [0.05, 0.1) is 0 Å². The Hall–Kier alpha value is -0.990. The highest BCUT2D eigenvalue weighted by Crippen LogP contribution is 2.08. The fourth-order valence-electron chi connectivity index (χ4n) is 2.83. The highest BCUT2D eigenvalue weighted by molar-refractivity contribution is 7.71. The predicted octanol–water partition coefficient (Wildman–Crippen LogP) is 2.39. The number of nitrogens with zero attached hydrogens (tertiary/aromatic N) is 5. The first-order valence-electron chi connectivity index (χ1n) is 7.78. The molecule has 1 N–H and O–H groups in total. The van der Waals surface area contributed by atoms with Crippen molar-refractivity contribution in [3.8, 4) is 0 Å². The first kappa shape index (κ1) is 21.1. The molecule has 0 atom stereocenters. The highest BCUT2D eigenvalue weighted by Gasteiger charge is 2.16. The van der Waals surface area contributed by atoms with E-state index in [0.29, 0.717) is 4.77 Å². The van der Waals surface area contributed by atoms with E-state index in [0.717, 1.165) is 52.2 Å². The Morgan fingerprint density at radius 1 is 0.958 bits per heavy atom. The summed E-state index contributed by atoms with van der Waals surface area (Å²) in [5.41, 5.74) is 1.40. The third-order valence-corrected chi connectivity index (χ3v) is 4.40. The molecule has 1 fully saturated rings. The van der Waals surface area contributed by atoms with Crippen LogP contribution in [-0.2, 0) is 13.1 Å². The maximum atomic E-state index is 5.07. The summed E-state index contributed by atoms with van der Waals surface area (Å²) in [4.78, 5) is 5.05. The zero-order valence-corrected chi connectivity index (χ0v) is 16.0. The number of hydrogen-bond donors (Lipinski definition) is 1. The number of aromatic amines is 1. The molecule has 1 aliphatic heterocycles. The number of rotatable bonds is 6. The van der Waals surface area contributed by atoms with Crippen LogP contribution in [-0.4, -0.2) is 62.7 Å². The van der Waals surface area contributed by atoms with Gasteiger partial charge in [-0.3, -0.25) is 4.90 Å². The van der Waals surface area contributed by atoms with Gasteiger partial charge in [0, 0.05) is 45.8 Å². The number of benzene rings is 1. The number of H-pyrrole nitrogens is 1. The number of hydrogen-bond acceptors (Lipinski definition) is 5. The SMILES string of the molecule is Cl.Cl.S=c1nn[nH]n1CCCN1CCN(Cc2ccccc2)CC1. The highest BCUT2D eigenvalue weighted by atomic mass is 35.5. The van der Waals surface area contributed by atoms with Gasteiger partial charge in [0.2, 0.25) is 4.77 Å². The molecule has 134 valence electrons. The van der Waals surface area contributed by atoms with Crippen molar-refractivity contribution in [1.29, 1.82) is 0 Å². The molecule has 9 heteroatoms. The van der Waals surface area contributed by atoms with Gasteiger partial charge in [0.15, 0.2) is 0 Å². The zero-order chi connectivity index (χ0) is 15.2. The maximum Gasteiger partial charge on any atom is 0.238 e. The zero-order valence-electron chi connectivity index (χ0n) is 13.5. The quantitative estimate of drug-likeness (QED) is 0.767. The molecule has 0 amide bonds. The predicted molar refractivity (Wildman–Crippen MR) is 102 cm³/mol. The van der Waals surface area contributed by atoms with Crippen LogP contribution >= 0.6 is 37.0 Å². The first-order valence-corrected chi connectivity index (χ1v) is 8.18. The fraction of sp³-hybridized carbons (Fsp3) is 0.533. The van der Waals surface area contributed by atoms with Crippen molar-refractivity contribution in [2.45, 2.75) is 19.5 Å². The van der Waals surface area contributed by atoms with Crippen LogP contribution < -0.4 is 0 Å². The van der Waals surface area contributed by atoms with Gasteiger partial charge in [-0.05, 0) is 24.2 Å². The van der Waals surface area contributed by atoms with Crippen LogP contribution in [0.1, 0.15) is 12.0 Å². The number of nitrogens with one attached hydrogen (secondary N) is 1. The lowest BCUT2D eigenvalue weighted by Crippen LogP contribution is -2.46. The second-order valence-electron chi connectivity index (χ2n) is 5.69. The normalized spacial score (nSPS) is 15.5. The summed E-state index contributed by atoms with van der Waals surface area (Å²) in [6.45, 7) is 7.57. The van der Waals surface area contributed by atoms with Crippen molar-refractivity contribution < 1.29 is 0 Å². The monoisotopic (exact) mass is 390 g/mol. The van der Waals surface area contributed by atoms with Crippen LogP contribution in [0.3, 0.4) is 0 Å². The molecule has 0 spiro atoms. The molecule has 6 nitrogen and oxygen atoms in total. The minimum atomic E-state index is 0. The number of aromatic nitrogens is 4. The van der Waals surface area contributed by atoms with Gasteiger partial charge in [0.25, 0.3) is 0 Å². The standard InChI is InChI=1S/C15H22N6S.2ClH/c22-15-16-17-18-21(15)8-4-7-19-9-11-20(12-10-19)13-14-5-2-1-3-6-14;;/h1-3,5-6H,4,7-13H2,(H,16,18,22);2*1H. The van der Waals surface area contributed by atoms with Crippen LogP contribution in [0.15, 0.2) is 30.3 Å². The van der Waals surface area contributed by atoms with Gasteiger partial charge in [-0.2, -0.15) is 5.21 Å². The number of piperazine rings is 1. The van der Waals surface area contributed by atoms with Crippen molar-refractivity contribution >= 4 is 37.0 Å². The Labute approximate surface area is 160 Å². The first-order chi connectivity index (χ1) is 10.8. The minimum Gasteiger partial charge on any atom is -0.301 e. The average molecular weight is 391 g/mol. The van der Waals surface area contributed by atoms with Gasteiger partial charge < -0.3 is 4.90 Å². The molecule has 0 radical (unpaired) electrons. The van der Waals surface area contributed by atoms with E-state index in [4.69, 9.17) is 12.2 Å². The van der Waals surface area contributed by atoms with Gasteiger partial charge >= 0.3 is 0 Å². The van der Waals surface area contributed by atoms with Gasteiger partial charge in [-0.15, -0.1) is 24.8 Å². The summed E-state index contributed by atoms with van der Waals surface area (Å²) in [5, 5.41) is 10.3.